The van der Waals surface area contributed by atoms with Crippen molar-refractivity contribution in [1.29, 1.82) is 0 Å². The maximum absolute atomic E-state index is 12.1. The summed E-state index contributed by atoms with van der Waals surface area (Å²) in [5.41, 5.74) is 2.79. The summed E-state index contributed by atoms with van der Waals surface area (Å²) < 4.78 is 5.11. The molecule has 2 aromatic heterocycles. The first kappa shape index (κ1) is 15.7. The molecule has 0 aliphatic rings. The highest BCUT2D eigenvalue weighted by atomic mass is 16.5. The quantitative estimate of drug-likeness (QED) is 0.750. The van der Waals surface area contributed by atoms with Crippen LogP contribution in [-0.2, 0) is 6.54 Å². The van der Waals surface area contributed by atoms with E-state index in [0.29, 0.717) is 18.1 Å². The summed E-state index contributed by atoms with van der Waals surface area (Å²) in [6.07, 6.45) is 0. The van der Waals surface area contributed by atoms with E-state index in [9.17, 15) is 4.79 Å². The molecule has 0 unspecified atom stereocenters. The average Bonchev–Trinajstić information content (AvgIpc) is 2.92. The Kier molecular flexibility index (Phi) is 4.51. The van der Waals surface area contributed by atoms with Gasteiger partial charge in [-0.2, -0.15) is 0 Å². The van der Waals surface area contributed by atoms with E-state index in [0.717, 1.165) is 17.0 Å². The molecule has 0 spiro atoms. The van der Waals surface area contributed by atoms with Crippen LogP contribution >= 0.6 is 0 Å². The maximum Gasteiger partial charge on any atom is 0.276 e. The number of nitrogens with one attached hydrogen (secondary N) is 2. The van der Waals surface area contributed by atoms with E-state index >= 15 is 0 Å². The van der Waals surface area contributed by atoms with E-state index in [2.05, 4.69) is 26.0 Å². The average molecular weight is 323 g/mol. The Balaban J connectivity index is 1.62. The Morgan fingerprint density at radius 3 is 2.50 bits per heavy atom. The number of rotatable bonds is 5. The van der Waals surface area contributed by atoms with E-state index in [1.165, 1.54) is 0 Å². The zero-order valence-electron chi connectivity index (χ0n) is 13.4. The summed E-state index contributed by atoms with van der Waals surface area (Å²) >= 11 is 0. The van der Waals surface area contributed by atoms with Gasteiger partial charge in [-0.3, -0.25) is 4.79 Å². The van der Waals surface area contributed by atoms with Gasteiger partial charge in [0.1, 0.15) is 11.6 Å². The molecule has 0 radical (unpaired) electrons. The summed E-state index contributed by atoms with van der Waals surface area (Å²) in [5.74, 6) is 1.05. The zero-order chi connectivity index (χ0) is 16.9. The smallest absolute Gasteiger partial charge is 0.276 e. The fraction of sp³-hybridized carbons (Fsp3) is 0.176. The number of carbonyl (C=O) groups excluding carboxylic acids is 1. The minimum absolute atomic E-state index is 0.252. The summed E-state index contributed by atoms with van der Waals surface area (Å²) in [6.45, 7) is 4.28. The van der Waals surface area contributed by atoms with Crippen molar-refractivity contribution in [1.82, 2.24) is 15.4 Å². The summed E-state index contributed by atoms with van der Waals surface area (Å²) in [4.78, 5) is 12.1. The summed E-state index contributed by atoms with van der Waals surface area (Å²) in [7, 11) is 0. The molecule has 0 bridgehead atoms. The minimum atomic E-state index is -0.300. The van der Waals surface area contributed by atoms with E-state index in [-0.39, 0.29) is 11.6 Å². The van der Waals surface area contributed by atoms with Crippen molar-refractivity contribution >= 4 is 17.4 Å². The van der Waals surface area contributed by atoms with Crippen LogP contribution in [0.5, 0.6) is 0 Å². The predicted octanol–water partition coefficient (Wildman–Crippen LogP) is 2.95. The van der Waals surface area contributed by atoms with Gasteiger partial charge in [-0.1, -0.05) is 23.4 Å². The summed E-state index contributed by atoms with van der Waals surface area (Å²) in [5, 5.41) is 17.8. The van der Waals surface area contributed by atoms with E-state index < -0.39 is 0 Å². The molecule has 0 saturated heterocycles. The monoisotopic (exact) mass is 323 g/mol. The second-order valence-electron chi connectivity index (χ2n) is 5.28. The number of aromatic nitrogens is 3. The molecular weight excluding hydrogens is 306 g/mol. The van der Waals surface area contributed by atoms with Crippen LogP contribution in [0.15, 0.2) is 47.0 Å². The number of para-hydroxylation sites is 1. The van der Waals surface area contributed by atoms with Gasteiger partial charge in [-0.15, -0.1) is 10.2 Å². The lowest BCUT2D eigenvalue weighted by molar-refractivity contribution is 0.102. The van der Waals surface area contributed by atoms with E-state index in [1.54, 1.807) is 12.1 Å². The second kappa shape index (κ2) is 6.91. The van der Waals surface area contributed by atoms with Gasteiger partial charge in [-0.25, -0.2) is 0 Å². The first-order valence-electron chi connectivity index (χ1n) is 7.49. The van der Waals surface area contributed by atoms with Gasteiger partial charge in [0.15, 0.2) is 5.69 Å². The Morgan fingerprint density at radius 2 is 1.88 bits per heavy atom. The molecule has 122 valence electrons. The largest absolute Gasteiger partial charge is 0.364 e. The van der Waals surface area contributed by atoms with Crippen molar-refractivity contribution in [2.75, 3.05) is 10.6 Å². The van der Waals surface area contributed by atoms with Crippen molar-refractivity contribution in [2.24, 2.45) is 0 Å². The minimum Gasteiger partial charge on any atom is -0.364 e. The molecule has 0 fully saturated rings. The number of amides is 1. The highest BCUT2D eigenvalue weighted by molar-refractivity contribution is 6.02. The van der Waals surface area contributed by atoms with Crippen molar-refractivity contribution in [3.8, 4) is 0 Å². The SMILES string of the molecule is Cc1noc(C)c1CNc1ccc(C(=O)Nc2ccccc2)nn1. The molecule has 3 aromatic rings. The van der Waals surface area contributed by atoms with Crippen LogP contribution in [0, 0.1) is 13.8 Å². The Hall–Kier alpha value is -3.22. The van der Waals surface area contributed by atoms with Gasteiger partial charge in [0.2, 0.25) is 0 Å². The number of benzene rings is 1. The molecule has 24 heavy (non-hydrogen) atoms. The number of hydrogen-bond acceptors (Lipinski definition) is 6. The van der Waals surface area contributed by atoms with Gasteiger partial charge in [0.05, 0.1) is 5.69 Å². The van der Waals surface area contributed by atoms with Crippen molar-refractivity contribution < 1.29 is 9.32 Å². The van der Waals surface area contributed by atoms with Crippen LogP contribution < -0.4 is 10.6 Å². The molecule has 0 aliphatic heterocycles. The van der Waals surface area contributed by atoms with Crippen LogP contribution in [0.3, 0.4) is 0 Å². The Bertz CT molecular complexity index is 808. The van der Waals surface area contributed by atoms with Crippen molar-refractivity contribution in [2.45, 2.75) is 20.4 Å². The molecular formula is C17H17N5O2. The highest BCUT2D eigenvalue weighted by Gasteiger charge is 2.11. The Morgan fingerprint density at radius 1 is 1.08 bits per heavy atom. The molecule has 7 heteroatoms. The number of nitrogens with zero attached hydrogens (tertiary/aromatic N) is 3. The van der Waals surface area contributed by atoms with E-state index in [1.807, 2.05) is 44.2 Å². The molecule has 0 atom stereocenters. The number of carbonyl (C=O) groups is 1. The third-order valence-corrected chi connectivity index (χ3v) is 3.56. The number of hydrogen-bond donors (Lipinski definition) is 2. The maximum atomic E-state index is 12.1. The van der Waals surface area contributed by atoms with Crippen molar-refractivity contribution in [3.63, 3.8) is 0 Å². The molecule has 2 N–H and O–H groups in total. The predicted molar refractivity (Wildman–Crippen MR) is 89.7 cm³/mol. The van der Waals surface area contributed by atoms with E-state index in [4.69, 9.17) is 4.52 Å². The third kappa shape index (κ3) is 3.57. The summed E-state index contributed by atoms with van der Waals surface area (Å²) in [6, 6.07) is 12.5. The van der Waals surface area contributed by atoms with Gasteiger partial charge < -0.3 is 15.2 Å². The third-order valence-electron chi connectivity index (χ3n) is 3.56. The lowest BCUT2D eigenvalue weighted by Gasteiger charge is -2.06. The topological polar surface area (TPSA) is 92.9 Å². The van der Waals surface area contributed by atoms with Gasteiger partial charge in [0.25, 0.3) is 5.91 Å². The van der Waals surface area contributed by atoms with Gasteiger partial charge >= 0.3 is 0 Å². The molecule has 7 nitrogen and oxygen atoms in total. The van der Waals surface area contributed by atoms with Crippen LogP contribution in [0.2, 0.25) is 0 Å². The lowest BCUT2D eigenvalue weighted by Crippen LogP contribution is -2.14. The lowest BCUT2D eigenvalue weighted by atomic mass is 10.2. The molecule has 0 aliphatic carbocycles. The van der Waals surface area contributed by atoms with Crippen LogP contribution in [-0.4, -0.2) is 21.3 Å². The van der Waals surface area contributed by atoms with Crippen LogP contribution in [0.25, 0.3) is 0 Å². The normalized spacial score (nSPS) is 10.4. The van der Waals surface area contributed by atoms with Crippen LogP contribution in [0.1, 0.15) is 27.5 Å². The molecule has 1 amide bonds. The zero-order valence-corrected chi connectivity index (χ0v) is 13.4. The standard InChI is InChI=1S/C17H17N5O2/c1-11-14(12(2)24-22-11)10-18-16-9-8-15(20-21-16)17(23)19-13-6-4-3-5-7-13/h3-9H,10H2,1-2H3,(H,18,21)(H,19,23). The second-order valence-corrected chi connectivity index (χ2v) is 5.28. The fourth-order valence-electron chi connectivity index (χ4n) is 2.20. The van der Waals surface area contributed by atoms with Crippen molar-refractivity contribution in [3.05, 3.63) is 65.2 Å². The number of aryl methyl sites for hydroxylation is 2. The fourth-order valence-corrected chi connectivity index (χ4v) is 2.20. The first-order valence-corrected chi connectivity index (χ1v) is 7.49. The molecule has 2 heterocycles. The molecule has 1 aromatic carbocycles. The molecule has 0 saturated carbocycles. The Labute approximate surface area is 139 Å². The molecule has 3 rings (SSSR count). The highest BCUT2D eigenvalue weighted by Crippen LogP contribution is 2.14. The van der Waals surface area contributed by atoms with Gasteiger partial charge in [0, 0.05) is 17.8 Å². The first-order chi connectivity index (χ1) is 11.6. The number of anilines is 2. The van der Waals surface area contributed by atoms with Gasteiger partial charge in [-0.05, 0) is 38.1 Å². The van der Waals surface area contributed by atoms with Crippen LogP contribution in [0.4, 0.5) is 11.5 Å².